The highest BCUT2D eigenvalue weighted by Gasteiger charge is 2.61. The molecule has 0 unspecified atom stereocenters. The first kappa shape index (κ1) is 27.6. The molecule has 0 aromatic heterocycles. The van der Waals surface area contributed by atoms with Gasteiger partial charge in [-0.25, -0.2) is 0 Å². The van der Waals surface area contributed by atoms with E-state index in [4.69, 9.17) is 18.9 Å². The van der Waals surface area contributed by atoms with Crippen molar-refractivity contribution in [2.24, 2.45) is 5.92 Å². The average molecular weight is 492 g/mol. The molecular formula is C27H41NO7. The molecule has 3 heterocycles. The number of esters is 1. The highest BCUT2D eigenvalue weighted by Crippen LogP contribution is 2.46. The van der Waals surface area contributed by atoms with E-state index < -0.39 is 17.8 Å². The molecule has 3 rings (SSSR count). The van der Waals surface area contributed by atoms with Crippen LogP contribution in [0.1, 0.15) is 60.8 Å². The largest absolute Gasteiger partial charge is 0.459 e. The molecule has 1 amide bonds. The molecule has 2 N–H and O–H groups in total. The number of aliphatic hydroxyl groups is 1. The van der Waals surface area contributed by atoms with Crippen LogP contribution < -0.4 is 5.32 Å². The second-order valence-corrected chi connectivity index (χ2v) is 10.2. The van der Waals surface area contributed by atoms with Crippen LogP contribution in [0, 0.1) is 5.92 Å². The monoisotopic (exact) mass is 491 g/mol. The summed E-state index contributed by atoms with van der Waals surface area (Å²) in [6.07, 6.45) is 9.88. The number of ether oxygens (including phenoxy) is 4. The van der Waals surface area contributed by atoms with Crippen molar-refractivity contribution < 1.29 is 33.6 Å². The first-order chi connectivity index (χ1) is 16.5. The van der Waals surface area contributed by atoms with Crippen LogP contribution in [-0.4, -0.2) is 71.9 Å². The van der Waals surface area contributed by atoms with Gasteiger partial charge in [-0.3, -0.25) is 9.59 Å². The minimum Gasteiger partial charge on any atom is -0.459 e. The number of amides is 1. The van der Waals surface area contributed by atoms with Crippen LogP contribution in [0.5, 0.6) is 0 Å². The van der Waals surface area contributed by atoms with E-state index in [1.54, 1.807) is 13.0 Å². The molecule has 3 saturated heterocycles. The molecule has 0 aromatic rings. The van der Waals surface area contributed by atoms with Gasteiger partial charge >= 0.3 is 5.97 Å². The molecule has 8 nitrogen and oxygen atoms in total. The van der Waals surface area contributed by atoms with E-state index in [0.29, 0.717) is 6.61 Å². The van der Waals surface area contributed by atoms with Gasteiger partial charge in [0.15, 0.2) is 0 Å². The van der Waals surface area contributed by atoms with Gasteiger partial charge < -0.3 is 29.4 Å². The van der Waals surface area contributed by atoms with Crippen molar-refractivity contribution in [2.75, 3.05) is 6.61 Å². The van der Waals surface area contributed by atoms with E-state index in [9.17, 15) is 14.7 Å². The summed E-state index contributed by atoms with van der Waals surface area (Å²) < 4.78 is 22.7. The number of epoxide rings is 1. The molecule has 3 aliphatic heterocycles. The Hall–Kier alpha value is -2.00. The zero-order valence-corrected chi connectivity index (χ0v) is 21.7. The minimum atomic E-state index is -0.648. The third-order valence-corrected chi connectivity index (χ3v) is 7.28. The Morgan fingerprint density at radius 2 is 1.94 bits per heavy atom. The van der Waals surface area contributed by atoms with Crippen molar-refractivity contribution in [2.45, 2.75) is 109 Å². The molecule has 196 valence electrons. The maximum Gasteiger partial charge on any atom is 0.303 e. The van der Waals surface area contributed by atoms with E-state index in [1.165, 1.54) is 13.0 Å². The van der Waals surface area contributed by atoms with Crippen molar-refractivity contribution in [1.29, 1.82) is 0 Å². The van der Waals surface area contributed by atoms with Crippen molar-refractivity contribution in [3.63, 3.8) is 0 Å². The molecular weight excluding hydrogens is 450 g/mol. The normalized spacial score (nSPS) is 38.6. The van der Waals surface area contributed by atoms with Gasteiger partial charge in [0.2, 0.25) is 5.91 Å². The van der Waals surface area contributed by atoms with Crippen molar-refractivity contribution in [1.82, 2.24) is 5.32 Å². The van der Waals surface area contributed by atoms with Crippen LogP contribution in [0.25, 0.3) is 0 Å². The second kappa shape index (κ2) is 11.8. The van der Waals surface area contributed by atoms with Crippen molar-refractivity contribution >= 4 is 11.9 Å². The summed E-state index contributed by atoms with van der Waals surface area (Å²) in [7, 11) is 0. The molecule has 35 heavy (non-hydrogen) atoms. The smallest absolute Gasteiger partial charge is 0.303 e. The summed E-state index contributed by atoms with van der Waals surface area (Å²) in [5.74, 6) is -0.339. The van der Waals surface area contributed by atoms with E-state index in [1.807, 2.05) is 32.9 Å². The highest BCUT2D eigenvalue weighted by molar-refractivity contribution is 5.87. The zero-order chi connectivity index (χ0) is 25.8. The molecule has 0 saturated carbocycles. The molecule has 8 heteroatoms. The molecule has 9 atom stereocenters. The second-order valence-electron chi connectivity index (χ2n) is 10.2. The number of allylic oxidation sites excluding steroid dienone is 2. The summed E-state index contributed by atoms with van der Waals surface area (Å²) in [4.78, 5) is 23.3. The van der Waals surface area contributed by atoms with Gasteiger partial charge in [0.25, 0.3) is 0 Å². The zero-order valence-electron chi connectivity index (χ0n) is 21.7. The Morgan fingerprint density at radius 1 is 1.23 bits per heavy atom. The molecule has 3 aliphatic rings. The van der Waals surface area contributed by atoms with Crippen LogP contribution in [0.3, 0.4) is 0 Å². The molecule has 0 aliphatic carbocycles. The number of aliphatic hydroxyl groups excluding tert-OH is 1. The number of carbonyl (C=O) groups is 2. The standard InChI is InChI=1S/C27H41NO7/c1-16(8-11-24-26(31)27(13-14-32-24)20(5)35-27)7-10-23-17(2)15-22(19(4)34-23)28-25(30)12-9-18(3)33-21(6)29/h7-9,11-12,17-20,22-24,26,31H,10,13-15H2,1-6H3,(H,28,30)/b11-8+,12-9-,16-7+/t17-,18-,19+,20-,22+,23-,24+,26+,27+/m0/s1. The lowest BCUT2D eigenvalue weighted by Crippen LogP contribution is -2.50. The number of carbonyl (C=O) groups excluding carboxylic acids is 2. The van der Waals surface area contributed by atoms with E-state index in [2.05, 4.69) is 18.3 Å². The van der Waals surface area contributed by atoms with Crippen molar-refractivity contribution in [3.8, 4) is 0 Å². The summed E-state index contributed by atoms with van der Waals surface area (Å²) in [5, 5.41) is 13.6. The van der Waals surface area contributed by atoms with Crippen LogP contribution in [0.4, 0.5) is 0 Å². The fourth-order valence-corrected chi connectivity index (χ4v) is 4.98. The lowest BCUT2D eigenvalue weighted by molar-refractivity contribution is -0.143. The van der Waals surface area contributed by atoms with Gasteiger partial charge in [-0.1, -0.05) is 30.7 Å². The minimum absolute atomic E-state index is 0.0570. The predicted molar refractivity (Wildman–Crippen MR) is 132 cm³/mol. The lowest BCUT2D eigenvalue weighted by atomic mass is 9.87. The van der Waals surface area contributed by atoms with Gasteiger partial charge in [-0.15, -0.1) is 0 Å². The van der Waals surface area contributed by atoms with Crippen molar-refractivity contribution in [3.05, 3.63) is 36.0 Å². The number of nitrogens with one attached hydrogen (secondary N) is 1. The van der Waals surface area contributed by atoms with Gasteiger partial charge in [-0.2, -0.15) is 0 Å². The summed E-state index contributed by atoms with van der Waals surface area (Å²) in [6, 6.07) is -0.0864. The Balaban J connectivity index is 1.46. The van der Waals surface area contributed by atoms with Crippen LogP contribution in [0.15, 0.2) is 36.0 Å². The van der Waals surface area contributed by atoms with Crippen LogP contribution in [-0.2, 0) is 28.5 Å². The Labute approximate surface area is 208 Å². The first-order valence-corrected chi connectivity index (χ1v) is 12.7. The van der Waals surface area contributed by atoms with Crippen LogP contribution >= 0.6 is 0 Å². The summed E-state index contributed by atoms with van der Waals surface area (Å²) in [5.41, 5.74) is 0.644. The number of hydrogen-bond donors (Lipinski definition) is 2. The topological polar surface area (TPSA) is 107 Å². The number of rotatable bonds is 8. The maximum absolute atomic E-state index is 12.3. The fourth-order valence-electron chi connectivity index (χ4n) is 4.98. The third-order valence-electron chi connectivity index (χ3n) is 7.28. The van der Waals surface area contributed by atoms with E-state index >= 15 is 0 Å². The highest BCUT2D eigenvalue weighted by atomic mass is 16.6. The quantitative estimate of drug-likeness (QED) is 0.233. The fraction of sp³-hybridized carbons (Fsp3) is 0.704. The van der Waals surface area contributed by atoms with Gasteiger partial charge in [0, 0.05) is 19.4 Å². The van der Waals surface area contributed by atoms with E-state index in [0.717, 1.165) is 24.8 Å². The van der Waals surface area contributed by atoms with Gasteiger partial charge in [-0.05, 0) is 52.5 Å². The number of hydrogen-bond acceptors (Lipinski definition) is 7. The maximum atomic E-state index is 12.3. The molecule has 1 spiro atoms. The SMILES string of the molecule is CC(=O)O[C@@H](C)/C=C\C(=O)N[C@@H]1C[C@H](C)[C@H](C/C=C(C)/C=C/[C@H]2OCC[C@]3(O[C@H]3C)[C@@H]2O)O[C@@H]1C. The average Bonchev–Trinajstić information content (AvgIpc) is 3.43. The predicted octanol–water partition coefficient (Wildman–Crippen LogP) is 2.99. The van der Waals surface area contributed by atoms with E-state index in [-0.39, 0.29) is 48.3 Å². The third kappa shape index (κ3) is 7.26. The molecule has 0 aromatic carbocycles. The summed E-state index contributed by atoms with van der Waals surface area (Å²) >= 11 is 0. The Kier molecular flexibility index (Phi) is 9.32. The molecule has 3 fully saturated rings. The lowest BCUT2D eigenvalue weighted by Gasteiger charge is -2.39. The first-order valence-electron chi connectivity index (χ1n) is 12.7. The van der Waals surface area contributed by atoms with Crippen LogP contribution in [0.2, 0.25) is 0 Å². The Bertz CT molecular complexity index is 852. The molecule has 0 radical (unpaired) electrons. The van der Waals surface area contributed by atoms with Gasteiger partial charge in [0.1, 0.15) is 23.9 Å². The summed E-state index contributed by atoms with van der Waals surface area (Å²) in [6.45, 7) is 11.8. The Morgan fingerprint density at radius 3 is 2.60 bits per heavy atom. The molecule has 0 bridgehead atoms. The van der Waals surface area contributed by atoms with Gasteiger partial charge in [0.05, 0.1) is 31.0 Å².